The summed E-state index contributed by atoms with van der Waals surface area (Å²) in [5.74, 6) is 2.02. The second kappa shape index (κ2) is 8.54. The summed E-state index contributed by atoms with van der Waals surface area (Å²) >= 11 is 1.46. The minimum atomic E-state index is 0.0932. The predicted octanol–water partition coefficient (Wildman–Crippen LogP) is 3.65. The molecule has 1 amide bonds. The van der Waals surface area contributed by atoms with Crippen LogP contribution in [0.25, 0.3) is 0 Å². The first-order chi connectivity index (χ1) is 12.6. The van der Waals surface area contributed by atoms with Gasteiger partial charge in [0.15, 0.2) is 5.16 Å². The number of amides is 1. The van der Waals surface area contributed by atoms with Crippen molar-refractivity contribution in [3.05, 3.63) is 53.9 Å². The lowest BCUT2D eigenvalue weighted by atomic mass is 10.1. The fourth-order valence-electron chi connectivity index (χ4n) is 2.83. The van der Waals surface area contributed by atoms with E-state index in [1.54, 1.807) is 4.90 Å². The Labute approximate surface area is 159 Å². The van der Waals surface area contributed by atoms with Gasteiger partial charge in [0.2, 0.25) is 5.91 Å². The van der Waals surface area contributed by atoms with E-state index in [1.165, 1.54) is 30.2 Å². The van der Waals surface area contributed by atoms with Crippen molar-refractivity contribution in [2.75, 3.05) is 12.8 Å². The van der Waals surface area contributed by atoms with Crippen molar-refractivity contribution in [2.24, 2.45) is 0 Å². The zero-order valence-electron chi connectivity index (χ0n) is 15.5. The van der Waals surface area contributed by atoms with Gasteiger partial charge in [-0.05, 0) is 30.4 Å². The van der Waals surface area contributed by atoms with Crippen molar-refractivity contribution in [3.8, 4) is 0 Å². The van der Waals surface area contributed by atoms with Crippen LogP contribution < -0.4 is 0 Å². The van der Waals surface area contributed by atoms with Crippen LogP contribution in [0.3, 0.4) is 0 Å². The molecule has 3 rings (SSSR count). The van der Waals surface area contributed by atoms with E-state index in [1.807, 2.05) is 13.1 Å². The summed E-state index contributed by atoms with van der Waals surface area (Å²) in [4.78, 5) is 14.3. The second-order valence-electron chi connectivity index (χ2n) is 6.72. The van der Waals surface area contributed by atoms with E-state index in [-0.39, 0.29) is 5.91 Å². The molecule has 6 heteroatoms. The number of nitrogens with zero attached hydrogens (tertiary/aromatic N) is 4. The number of aromatic nitrogens is 3. The van der Waals surface area contributed by atoms with E-state index in [4.69, 9.17) is 0 Å². The van der Waals surface area contributed by atoms with E-state index in [0.717, 1.165) is 23.0 Å². The molecule has 1 aliphatic carbocycles. The Kier molecular flexibility index (Phi) is 6.14. The highest BCUT2D eigenvalue weighted by molar-refractivity contribution is 7.99. The fraction of sp³-hybridized carbons (Fsp3) is 0.450. The number of aryl methyl sites for hydroxylation is 1. The lowest BCUT2D eigenvalue weighted by Gasteiger charge is -2.17. The summed E-state index contributed by atoms with van der Waals surface area (Å²) in [5, 5.41) is 9.42. The predicted molar refractivity (Wildman–Crippen MR) is 105 cm³/mol. The van der Waals surface area contributed by atoms with Crippen molar-refractivity contribution in [1.82, 2.24) is 19.7 Å². The topological polar surface area (TPSA) is 51.0 Å². The van der Waals surface area contributed by atoms with Crippen LogP contribution in [0.1, 0.15) is 42.6 Å². The Hall–Kier alpha value is -2.08. The monoisotopic (exact) mass is 370 g/mol. The molecule has 2 aromatic rings. The molecule has 1 saturated carbocycles. The Bertz CT molecular complexity index is 765. The molecule has 0 saturated heterocycles. The summed E-state index contributed by atoms with van der Waals surface area (Å²) < 4.78 is 2.09. The first-order valence-electron chi connectivity index (χ1n) is 9.11. The third kappa shape index (κ3) is 4.55. The van der Waals surface area contributed by atoms with Gasteiger partial charge in [0, 0.05) is 26.1 Å². The van der Waals surface area contributed by atoms with Gasteiger partial charge in [-0.1, -0.05) is 49.0 Å². The van der Waals surface area contributed by atoms with Crippen LogP contribution in [0.2, 0.25) is 0 Å². The zero-order chi connectivity index (χ0) is 18.5. The Morgan fingerprint density at radius 1 is 1.31 bits per heavy atom. The zero-order valence-corrected chi connectivity index (χ0v) is 16.3. The maximum atomic E-state index is 12.5. The molecule has 0 radical (unpaired) electrons. The molecule has 26 heavy (non-hydrogen) atoms. The van der Waals surface area contributed by atoms with Gasteiger partial charge in [-0.25, -0.2) is 0 Å². The van der Waals surface area contributed by atoms with Crippen molar-refractivity contribution in [2.45, 2.75) is 50.4 Å². The van der Waals surface area contributed by atoms with Gasteiger partial charge in [0.05, 0.1) is 5.75 Å². The minimum Gasteiger partial charge on any atom is -0.341 e. The summed E-state index contributed by atoms with van der Waals surface area (Å²) in [6.45, 7) is 7.27. The number of rotatable bonds is 9. The molecule has 0 bridgehead atoms. The fourth-order valence-corrected chi connectivity index (χ4v) is 3.73. The quantitative estimate of drug-likeness (QED) is 0.499. The SMILES string of the molecule is C=CCn1c(SCC(=O)N(C)Cc2ccc(CC)cc2)nnc1C1CC1. The van der Waals surface area contributed by atoms with Crippen molar-refractivity contribution in [1.29, 1.82) is 0 Å². The van der Waals surface area contributed by atoms with E-state index in [9.17, 15) is 4.79 Å². The third-order valence-electron chi connectivity index (χ3n) is 4.60. The first kappa shape index (κ1) is 18.7. The molecule has 1 aliphatic rings. The molecule has 1 heterocycles. The maximum absolute atomic E-state index is 12.5. The van der Waals surface area contributed by atoms with Gasteiger partial charge < -0.3 is 9.47 Å². The third-order valence-corrected chi connectivity index (χ3v) is 5.55. The average molecular weight is 371 g/mol. The van der Waals surface area contributed by atoms with E-state index < -0.39 is 0 Å². The number of carbonyl (C=O) groups excluding carboxylic acids is 1. The number of allylic oxidation sites excluding steroid dienone is 1. The molecular weight excluding hydrogens is 344 g/mol. The molecule has 138 valence electrons. The number of benzene rings is 1. The smallest absolute Gasteiger partial charge is 0.233 e. The van der Waals surface area contributed by atoms with Gasteiger partial charge >= 0.3 is 0 Å². The molecule has 1 aromatic carbocycles. The van der Waals surface area contributed by atoms with Crippen LogP contribution in [0.4, 0.5) is 0 Å². The standard InChI is InChI=1S/C20H26N4OS/c1-4-12-24-19(17-10-11-17)21-22-20(24)26-14-18(25)23(3)13-16-8-6-15(5-2)7-9-16/h4,6-9,17H,1,5,10-14H2,2-3H3. The van der Waals surface area contributed by atoms with Crippen molar-refractivity contribution < 1.29 is 4.79 Å². The van der Waals surface area contributed by atoms with E-state index in [0.29, 0.717) is 24.8 Å². The van der Waals surface area contributed by atoms with Crippen molar-refractivity contribution in [3.63, 3.8) is 0 Å². The summed E-state index contributed by atoms with van der Waals surface area (Å²) in [7, 11) is 1.85. The van der Waals surface area contributed by atoms with E-state index in [2.05, 4.69) is 52.5 Å². The summed E-state index contributed by atoms with van der Waals surface area (Å²) in [5.41, 5.74) is 2.46. The molecular formula is C20H26N4OS. The molecule has 0 N–H and O–H groups in total. The highest BCUT2D eigenvalue weighted by Gasteiger charge is 2.30. The Morgan fingerprint density at radius 2 is 2.00 bits per heavy atom. The number of thioether (sulfide) groups is 1. The second-order valence-corrected chi connectivity index (χ2v) is 7.67. The lowest BCUT2D eigenvalue weighted by molar-refractivity contribution is -0.127. The van der Waals surface area contributed by atoms with Gasteiger partial charge in [-0.2, -0.15) is 0 Å². The van der Waals surface area contributed by atoms with E-state index >= 15 is 0 Å². The molecule has 1 aromatic heterocycles. The number of hydrogen-bond acceptors (Lipinski definition) is 4. The molecule has 5 nitrogen and oxygen atoms in total. The lowest BCUT2D eigenvalue weighted by Crippen LogP contribution is -2.27. The average Bonchev–Trinajstić information content (AvgIpc) is 3.42. The first-order valence-corrected chi connectivity index (χ1v) is 10.1. The molecule has 0 unspecified atom stereocenters. The molecule has 0 aliphatic heterocycles. The van der Waals surface area contributed by atoms with Crippen LogP contribution in [0, 0.1) is 0 Å². The highest BCUT2D eigenvalue weighted by Crippen LogP contribution is 2.40. The molecule has 0 spiro atoms. The van der Waals surface area contributed by atoms with Gasteiger partial charge in [-0.3, -0.25) is 4.79 Å². The number of carbonyl (C=O) groups is 1. The van der Waals surface area contributed by atoms with Gasteiger partial charge in [0.1, 0.15) is 5.82 Å². The van der Waals surface area contributed by atoms with Gasteiger partial charge in [-0.15, -0.1) is 16.8 Å². The normalized spacial score (nSPS) is 13.6. The van der Waals surface area contributed by atoms with Crippen LogP contribution in [-0.2, 0) is 24.3 Å². The van der Waals surface area contributed by atoms with Crippen LogP contribution in [0.5, 0.6) is 0 Å². The maximum Gasteiger partial charge on any atom is 0.233 e. The Balaban J connectivity index is 1.56. The number of hydrogen-bond donors (Lipinski definition) is 0. The minimum absolute atomic E-state index is 0.0932. The van der Waals surface area contributed by atoms with Crippen molar-refractivity contribution >= 4 is 17.7 Å². The van der Waals surface area contributed by atoms with Crippen LogP contribution >= 0.6 is 11.8 Å². The Morgan fingerprint density at radius 3 is 2.62 bits per heavy atom. The molecule has 0 atom stereocenters. The summed E-state index contributed by atoms with van der Waals surface area (Å²) in [6, 6.07) is 8.44. The summed E-state index contributed by atoms with van der Waals surface area (Å²) in [6.07, 6.45) is 5.24. The van der Waals surface area contributed by atoms with Crippen LogP contribution in [0.15, 0.2) is 42.1 Å². The largest absolute Gasteiger partial charge is 0.341 e. The highest BCUT2D eigenvalue weighted by atomic mass is 32.2. The molecule has 1 fully saturated rings. The van der Waals surface area contributed by atoms with Gasteiger partial charge in [0.25, 0.3) is 0 Å². The van der Waals surface area contributed by atoms with Crippen LogP contribution in [-0.4, -0.2) is 38.4 Å².